The van der Waals surface area contributed by atoms with E-state index in [-0.39, 0.29) is 78.3 Å². The van der Waals surface area contributed by atoms with Gasteiger partial charge in [-0.2, -0.15) is 0 Å². The molecule has 5 rings (SSSR count). The highest BCUT2D eigenvalue weighted by Crippen LogP contribution is 2.56. The van der Waals surface area contributed by atoms with Crippen LogP contribution in [0.25, 0.3) is 0 Å². The van der Waals surface area contributed by atoms with E-state index in [4.69, 9.17) is 18.9 Å². The Kier molecular flexibility index (Phi) is 23.8. The van der Waals surface area contributed by atoms with Gasteiger partial charge in [0.25, 0.3) is 0 Å². The van der Waals surface area contributed by atoms with Crippen molar-refractivity contribution in [2.45, 2.75) is 170 Å². The van der Waals surface area contributed by atoms with E-state index in [0.29, 0.717) is 62.2 Å². The van der Waals surface area contributed by atoms with Gasteiger partial charge in [0.15, 0.2) is 0 Å². The van der Waals surface area contributed by atoms with Crippen LogP contribution in [0.4, 0.5) is 0 Å². The zero-order valence-corrected chi connectivity index (χ0v) is 52.7. The van der Waals surface area contributed by atoms with E-state index in [1.165, 1.54) is 47.0 Å². The smallest absolute Gasteiger partial charge is 0.394 e. The first-order valence-corrected chi connectivity index (χ1v) is 30.4. The molecule has 24 heteroatoms. The van der Waals surface area contributed by atoms with Gasteiger partial charge in [-0.25, -0.2) is 19.2 Å². The quantitative estimate of drug-likeness (QED) is 0.0265. The zero-order valence-electron chi connectivity index (χ0n) is 49.4. The van der Waals surface area contributed by atoms with Gasteiger partial charge in [0, 0.05) is 26.2 Å². The first kappa shape index (κ1) is 68.0. The lowest BCUT2D eigenvalue weighted by Gasteiger charge is -2.28. The van der Waals surface area contributed by atoms with Crippen LogP contribution in [0, 0.1) is 0 Å². The summed E-state index contributed by atoms with van der Waals surface area (Å²) in [4.78, 5) is 99.3. The first-order chi connectivity index (χ1) is 39.1. The number of amides is 4. The van der Waals surface area contributed by atoms with Crippen LogP contribution in [0.5, 0.6) is 23.0 Å². The van der Waals surface area contributed by atoms with Crippen LogP contribution in [0.1, 0.15) is 131 Å². The molecule has 1 aliphatic heterocycles. The van der Waals surface area contributed by atoms with Crippen molar-refractivity contribution in [3.63, 3.8) is 0 Å². The summed E-state index contributed by atoms with van der Waals surface area (Å²) in [6.07, 6.45) is 0.905. The van der Waals surface area contributed by atoms with E-state index in [1.54, 1.807) is 0 Å². The average molecular weight is 1240 g/mol. The molecule has 8 bridgehead atoms. The van der Waals surface area contributed by atoms with E-state index < -0.39 is 69.2 Å². The van der Waals surface area contributed by atoms with Crippen molar-refractivity contribution < 1.29 is 77.7 Å². The van der Waals surface area contributed by atoms with Crippen molar-refractivity contribution >= 4 is 94.6 Å². The third-order valence-corrected chi connectivity index (χ3v) is 16.8. The number of carbonyl (C=O) groups excluding carboxylic acids is 4. The van der Waals surface area contributed by atoms with E-state index in [9.17, 15) is 58.8 Å². The highest BCUT2D eigenvalue weighted by Gasteiger charge is 2.31. The molecule has 20 nitrogen and oxygen atoms in total. The lowest BCUT2D eigenvalue weighted by Crippen LogP contribution is -2.32. The zero-order chi connectivity index (χ0) is 62.5. The molecule has 4 aromatic rings. The standard InChI is InChI=1S/C60H76N4O16S4/c1-57(2,3)33-25-37-45(77-21-13-17-61-49(65)53(69)70)38(26-33)82-40-28-35(59(7,8)9)30-42(47(40)79-23-15-19-63-51(67)55(73)74)84-44-32-36(60(10,11)12)31-43(48(44)80-24-16-20-64-52(68)56(75)76)83-41-29-34(58(4,5)6)27-39(81-37)46(41)78-22-14-18-62-50(66)54(71)72/h25-32H,13-24H2,1-12H3,(H,61,65)(H,62,66)(H,63,67)(H,64,68)(H,69,70)(H,71,72)(H,73,74)(H,75,76). The molecule has 0 aromatic heterocycles. The number of carboxylic acid groups (broad SMARTS) is 4. The molecule has 0 spiro atoms. The molecular weight excluding hydrogens is 1160 g/mol. The van der Waals surface area contributed by atoms with Crippen LogP contribution in [0.3, 0.4) is 0 Å². The number of fused-ring (bicyclic) bond motifs is 8. The number of benzene rings is 4. The van der Waals surface area contributed by atoms with Crippen LogP contribution in [0.2, 0.25) is 0 Å². The van der Waals surface area contributed by atoms with Crippen molar-refractivity contribution in [2.24, 2.45) is 0 Å². The van der Waals surface area contributed by atoms with Gasteiger partial charge >= 0.3 is 47.5 Å². The number of rotatable bonds is 20. The molecule has 4 aromatic carbocycles. The second-order valence-electron chi connectivity index (χ2n) is 23.7. The summed E-state index contributed by atoms with van der Waals surface area (Å²) in [5.41, 5.74) is 1.94. The number of carboxylic acids is 4. The van der Waals surface area contributed by atoms with E-state index in [1.807, 2.05) is 0 Å². The highest BCUT2D eigenvalue weighted by molar-refractivity contribution is 8.01. The molecule has 0 aliphatic carbocycles. The Morgan fingerprint density at radius 3 is 0.607 bits per heavy atom. The molecule has 0 atom stereocenters. The first-order valence-electron chi connectivity index (χ1n) is 27.2. The van der Waals surface area contributed by atoms with Gasteiger partial charge in [-0.15, -0.1) is 0 Å². The third kappa shape index (κ3) is 19.7. The lowest BCUT2D eigenvalue weighted by molar-refractivity contribution is -0.150. The minimum atomic E-state index is -1.62. The Labute approximate surface area is 506 Å². The molecular formula is C60H76N4O16S4. The van der Waals surface area contributed by atoms with Gasteiger partial charge in [-0.1, -0.05) is 130 Å². The minimum absolute atomic E-state index is 0.00153. The van der Waals surface area contributed by atoms with Crippen molar-refractivity contribution in [1.29, 1.82) is 0 Å². The normalized spacial score (nSPS) is 12.5. The van der Waals surface area contributed by atoms with Crippen molar-refractivity contribution in [1.82, 2.24) is 21.3 Å². The highest BCUT2D eigenvalue weighted by atomic mass is 32.2. The van der Waals surface area contributed by atoms with Gasteiger partial charge in [0.1, 0.15) is 23.0 Å². The molecule has 4 amide bonds. The second-order valence-corrected chi connectivity index (χ2v) is 28.0. The van der Waals surface area contributed by atoms with Crippen molar-refractivity contribution in [2.75, 3.05) is 52.6 Å². The maximum atomic E-state index is 12.1. The van der Waals surface area contributed by atoms with Gasteiger partial charge in [0.2, 0.25) is 0 Å². The number of nitrogens with one attached hydrogen (secondary N) is 4. The van der Waals surface area contributed by atoms with Crippen molar-refractivity contribution in [3.8, 4) is 23.0 Å². The van der Waals surface area contributed by atoms with Gasteiger partial charge in [0.05, 0.1) is 65.6 Å². The summed E-state index contributed by atoms with van der Waals surface area (Å²) < 4.78 is 27.4. The Balaban J connectivity index is 1.93. The van der Waals surface area contributed by atoms with Crippen LogP contribution in [0.15, 0.2) is 87.7 Å². The Morgan fingerprint density at radius 2 is 0.476 bits per heavy atom. The monoisotopic (exact) mass is 1240 g/mol. The van der Waals surface area contributed by atoms with Crippen LogP contribution >= 0.6 is 47.0 Å². The molecule has 8 N–H and O–H groups in total. The van der Waals surface area contributed by atoms with Crippen molar-refractivity contribution in [3.05, 3.63) is 70.8 Å². The molecule has 0 unspecified atom stereocenters. The maximum absolute atomic E-state index is 12.1. The summed E-state index contributed by atoms with van der Waals surface area (Å²) in [5.74, 6) is -9.24. The average Bonchev–Trinajstić information content (AvgIpc) is 1.54. The molecule has 1 aliphatic rings. The lowest BCUT2D eigenvalue weighted by atomic mass is 9.87. The number of hydrogen-bond acceptors (Lipinski definition) is 16. The molecule has 0 saturated heterocycles. The number of aliphatic carboxylic acids is 4. The predicted octanol–water partition coefficient (Wildman–Crippen LogP) is 9.67. The maximum Gasteiger partial charge on any atom is 0.394 e. The third-order valence-electron chi connectivity index (χ3n) is 12.6. The van der Waals surface area contributed by atoms with Crippen LogP contribution in [-0.2, 0) is 60.0 Å². The molecule has 0 saturated carbocycles. The number of hydrogen-bond donors (Lipinski definition) is 8. The second kappa shape index (κ2) is 29.4. The fraction of sp³-hybridized carbons (Fsp3) is 0.467. The fourth-order valence-corrected chi connectivity index (χ4v) is 12.6. The van der Waals surface area contributed by atoms with Gasteiger partial charge in [-0.05, 0) is 118 Å². The molecule has 456 valence electrons. The van der Waals surface area contributed by atoms with Gasteiger partial charge < -0.3 is 60.6 Å². The largest absolute Gasteiger partial charge is 0.491 e. The van der Waals surface area contributed by atoms with Crippen LogP contribution in [-0.4, -0.2) is 121 Å². The van der Waals surface area contributed by atoms with E-state index in [0.717, 1.165) is 22.3 Å². The van der Waals surface area contributed by atoms with Crippen LogP contribution < -0.4 is 40.2 Å². The topological polar surface area (TPSA) is 303 Å². The summed E-state index contributed by atoms with van der Waals surface area (Å²) in [5, 5.41) is 46.7. The Morgan fingerprint density at radius 1 is 0.321 bits per heavy atom. The van der Waals surface area contributed by atoms with E-state index >= 15 is 0 Å². The summed E-state index contributed by atoms with van der Waals surface area (Å²) in [6, 6.07) is 16.5. The Hall–Kier alpha value is -6.76. The summed E-state index contributed by atoms with van der Waals surface area (Å²) >= 11 is 5.56. The van der Waals surface area contributed by atoms with E-state index in [2.05, 4.69) is 153 Å². The Bertz CT molecular complexity index is 2630. The summed E-state index contributed by atoms with van der Waals surface area (Å²) in [7, 11) is 0. The fourth-order valence-electron chi connectivity index (χ4n) is 7.78. The molecule has 1 heterocycles. The predicted molar refractivity (Wildman–Crippen MR) is 320 cm³/mol. The molecule has 0 fully saturated rings. The SMILES string of the molecule is CC(C)(C)c1cc2c(OCCCNC(=O)C(=O)O)c(c1)Sc1cc(C(C)(C)C)cc(c1OCCCNC(=O)C(=O)O)Sc1cc(C(C)(C)C)cc(c1OCCCNC(=O)C(=O)O)Sc1cc(C(C)(C)C)cc(c1OCCCNC(=O)C(=O)O)S2. The van der Waals surface area contributed by atoms with Gasteiger partial charge in [-0.3, -0.25) is 19.2 Å². The number of carbonyl (C=O) groups is 8. The minimum Gasteiger partial charge on any atom is -0.491 e. The molecule has 84 heavy (non-hydrogen) atoms. The summed E-state index contributed by atoms with van der Waals surface area (Å²) in [6.45, 7) is 25.2. The number of ether oxygens (including phenoxy) is 4. The molecule has 0 radical (unpaired) electrons.